The van der Waals surface area contributed by atoms with E-state index in [1.165, 1.54) is 4.31 Å². The summed E-state index contributed by atoms with van der Waals surface area (Å²) in [7, 11) is -3.60. The highest BCUT2D eigenvalue weighted by molar-refractivity contribution is 7.89. The zero-order valence-electron chi connectivity index (χ0n) is 16.1. The maximum absolute atomic E-state index is 13.3. The summed E-state index contributed by atoms with van der Waals surface area (Å²) in [6.07, 6.45) is 3.65. The van der Waals surface area contributed by atoms with Gasteiger partial charge in [-0.2, -0.15) is 4.31 Å². The van der Waals surface area contributed by atoms with Crippen molar-refractivity contribution in [2.24, 2.45) is 5.92 Å². The van der Waals surface area contributed by atoms with Gasteiger partial charge in [0.05, 0.1) is 10.6 Å². The minimum atomic E-state index is -3.60. The molecule has 2 fully saturated rings. The molecule has 2 amide bonds. The number of sulfonamides is 1. The maximum Gasteiger partial charge on any atom is 0.243 e. The number of rotatable bonds is 3. The number of hydrogen-bond acceptors (Lipinski definition) is 4. The highest BCUT2D eigenvalue weighted by Crippen LogP contribution is 2.41. The van der Waals surface area contributed by atoms with Gasteiger partial charge in [-0.25, -0.2) is 8.42 Å². The van der Waals surface area contributed by atoms with Gasteiger partial charge in [0.2, 0.25) is 21.8 Å². The van der Waals surface area contributed by atoms with Gasteiger partial charge in [-0.05, 0) is 55.9 Å². The molecule has 28 heavy (non-hydrogen) atoms. The van der Waals surface area contributed by atoms with Gasteiger partial charge < -0.3 is 9.80 Å². The van der Waals surface area contributed by atoms with Gasteiger partial charge in [-0.1, -0.05) is 0 Å². The standard InChI is InChI=1S/C20H25N3O4S/c1-13-10-16-12-17(11-15-4-5-18(24)23(13)19(15)16)28(26,27)22-8-6-21(7-9-22)20(25)14-2-3-14/h11-14H,2-10H2,1H3/t13-/m0/s1. The van der Waals surface area contributed by atoms with E-state index in [1.807, 2.05) is 11.8 Å². The van der Waals surface area contributed by atoms with Gasteiger partial charge in [0.1, 0.15) is 0 Å². The quantitative estimate of drug-likeness (QED) is 0.759. The predicted molar refractivity (Wildman–Crippen MR) is 103 cm³/mol. The van der Waals surface area contributed by atoms with E-state index < -0.39 is 10.0 Å². The van der Waals surface area contributed by atoms with Gasteiger partial charge in [0.15, 0.2) is 0 Å². The number of carbonyl (C=O) groups is 2. The van der Waals surface area contributed by atoms with Crippen LogP contribution in [0.4, 0.5) is 5.69 Å². The Morgan fingerprint density at radius 3 is 2.39 bits per heavy atom. The molecule has 0 N–H and O–H groups in total. The topological polar surface area (TPSA) is 78.0 Å². The van der Waals surface area contributed by atoms with Crippen LogP contribution in [0.2, 0.25) is 0 Å². The fourth-order valence-electron chi connectivity index (χ4n) is 4.78. The predicted octanol–water partition coefficient (Wildman–Crippen LogP) is 1.15. The van der Waals surface area contributed by atoms with Crippen molar-refractivity contribution in [2.45, 2.75) is 50.0 Å². The second kappa shape index (κ2) is 6.29. The van der Waals surface area contributed by atoms with E-state index in [4.69, 9.17) is 0 Å². The SMILES string of the molecule is C[C@H]1Cc2cc(S(=O)(=O)N3CCN(C(=O)C4CC4)CC3)cc3c2N1C(=O)CC3. The summed E-state index contributed by atoms with van der Waals surface area (Å²) >= 11 is 0. The molecular formula is C20H25N3O4S. The Kier molecular flexibility index (Phi) is 4.07. The van der Waals surface area contributed by atoms with Crippen LogP contribution in [0, 0.1) is 5.92 Å². The van der Waals surface area contributed by atoms with Crippen LogP contribution in [0.25, 0.3) is 0 Å². The molecule has 8 heteroatoms. The molecule has 7 nitrogen and oxygen atoms in total. The van der Waals surface area contributed by atoms with Crippen LogP contribution in [0.5, 0.6) is 0 Å². The van der Waals surface area contributed by atoms with Gasteiger partial charge in [0, 0.05) is 44.6 Å². The first-order valence-corrected chi connectivity index (χ1v) is 11.6. The Morgan fingerprint density at radius 2 is 1.71 bits per heavy atom. The number of hydrogen-bond donors (Lipinski definition) is 0. The van der Waals surface area contributed by atoms with E-state index in [0.717, 1.165) is 29.7 Å². The number of carbonyl (C=O) groups excluding carboxylic acids is 2. The maximum atomic E-state index is 13.3. The van der Waals surface area contributed by atoms with Gasteiger partial charge in [-0.15, -0.1) is 0 Å². The lowest BCUT2D eigenvalue weighted by atomic mass is 10.00. The Morgan fingerprint density at radius 1 is 1.04 bits per heavy atom. The molecule has 1 aromatic rings. The highest BCUT2D eigenvalue weighted by atomic mass is 32.2. The number of aryl methyl sites for hydroxylation is 1. The molecule has 1 aliphatic carbocycles. The first kappa shape index (κ1) is 18.1. The first-order valence-electron chi connectivity index (χ1n) is 10.1. The first-order chi connectivity index (χ1) is 13.4. The van der Waals surface area contributed by atoms with Crippen LogP contribution in [-0.4, -0.2) is 61.7 Å². The molecule has 150 valence electrons. The Balaban J connectivity index is 1.40. The van der Waals surface area contributed by atoms with Gasteiger partial charge >= 0.3 is 0 Å². The number of amides is 2. The molecule has 1 atom stereocenters. The number of piperazine rings is 1. The summed E-state index contributed by atoms with van der Waals surface area (Å²) in [5.41, 5.74) is 2.85. The minimum Gasteiger partial charge on any atom is -0.340 e. The van der Waals surface area contributed by atoms with Crippen LogP contribution in [-0.2, 0) is 32.5 Å². The molecule has 1 saturated heterocycles. The molecule has 0 bridgehead atoms. The molecule has 0 radical (unpaired) electrons. The van der Waals surface area contributed by atoms with Crippen molar-refractivity contribution >= 4 is 27.5 Å². The van der Waals surface area contributed by atoms with E-state index in [1.54, 1.807) is 17.0 Å². The van der Waals surface area contributed by atoms with E-state index in [9.17, 15) is 18.0 Å². The average molecular weight is 404 g/mol. The third-order valence-corrected chi connectivity index (χ3v) is 8.31. The Bertz CT molecular complexity index is 962. The minimum absolute atomic E-state index is 0.0801. The number of nitrogens with zero attached hydrogens (tertiary/aromatic N) is 3. The van der Waals surface area contributed by atoms with Crippen molar-refractivity contribution in [2.75, 3.05) is 31.1 Å². The van der Waals surface area contributed by atoms with Crippen LogP contribution < -0.4 is 4.90 Å². The van der Waals surface area contributed by atoms with Crippen LogP contribution >= 0.6 is 0 Å². The lowest BCUT2D eigenvalue weighted by molar-refractivity contribution is -0.133. The molecular weight excluding hydrogens is 378 g/mol. The Hall–Kier alpha value is -1.93. The summed E-state index contributed by atoms with van der Waals surface area (Å²) < 4.78 is 28.0. The lowest BCUT2D eigenvalue weighted by Gasteiger charge is -2.34. The second-order valence-electron chi connectivity index (χ2n) is 8.41. The number of benzene rings is 1. The van der Waals surface area contributed by atoms with Crippen molar-refractivity contribution in [3.8, 4) is 0 Å². The zero-order valence-corrected chi connectivity index (χ0v) is 16.9. The molecule has 0 spiro atoms. The van der Waals surface area contributed by atoms with E-state index >= 15 is 0 Å². The normalized spacial score (nSPS) is 25.2. The van der Waals surface area contributed by atoms with Gasteiger partial charge in [-0.3, -0.25) is 9.59 Å². The molecule has 5 rings (SSSR count). The third kappa shape index (κ3) is 2.76. The number of anilines is 1. The van der Waals surface area contributed by atoms with Crippen molar-refractivity contribution in [1.82, 2.24) is 9.21 Å². The van der Waals surface area contributed by atoms with Crippen molar-refractivity contribution in [3.05, 3.63) is 23.3 Å². The van der Waals surface area contributed by atoms with E-state index in [0.29, 0.717) is 50.3 Å². The smallest absolute Gasteiger partial charge is 0.243 e. The van der Waals surface area contributed by atoms with Crippen molar-refractivity contribution in [3.63, 3.8) is 0 Å². The Labute approximate surface area is 165 Å². The fourth-order valence-corrected chi connectivity index (χ4v) is 6.31. The summed E-state index contributed by atoms with van der Waals surface area (Å²) in [5, 5.41) is 0. The molecule has 0 aromatic heterocycles. The molecule has 4 aliphatic rings. The molecule has 1 saturated carbocycles. The van der Waals surface area contributed by atoms with Gasteiger partial charge in [0.25, 0.3) is 0 Å². The monoisotopic (exact) mass is 403 g/mol. The average Bonchev–Trinajstić information content (AvgIpc) is 3.47. The molecule has 1 aromatic carbocycles. The summed E-state index contributed by atoms with van der Waals surface area (Å²) in [4.78, 5) is 28.5. The molecule has 3 heterocycles. The summed E-state index contributed by atoms with van der Waals surface area (Å²) in [5.74, 6) is 0.476. The van der Waals surface area contributed by atoms with Crippen LogP contribution in [0.15, 0.2) is 17.0 Å². The lowest BCUT2D eigenvalue weighted by Crippen LogP contribution is -2.50. The molecule has 0 unspecified atom stereocenters. The van der Waals surface area contributed by atoms with Crippen LogP contribution in [0.1, 0.15) is 37.3 Å². The van der Waals surface area contributed by atoms with E-state index in [2.05, 4.69) is 0 Å². The zero-order chi connectivity index (χ0) is 19.6. The second-order valence-corrected chi connectivity index (χ2v) is 10.3. The largest absolute Gasteiger partial charge is 0.340 e. The fraction of sp³-hybridized carbons (Fsp3) is 0.600. The van der Waals surface area contributed by atoms with E-state index in [-0.39, 0.29) is 23.8 Å². The highest BCUT2D eigenvalue weighted by Gasteiger charge is 2.39. The van der Waals surface area contributed by atoms with Crippen molar-refractivity contribution in [1.29, 1.82) is 0 Å². The third-order valence-electron chi connectivity index (χ3n) is 6.43. The van der Waals surface area contributed by atoms with Crippen LogP contribution in [0.3, 0.4) is 0 Å². The van der Waals surface area contributed by atoms with Crippen molar-refractivity contribution < 1.29 is 18.0 Å². The summed E-state index contributed by atoms with van der Waals surface area (Å²) in [6.45, 7) is 3.62. The summed E-state index contributed by atoms with van der Waals surface area (Å²) in [6, 6.07) is 3.59. The molecule has 3 aliphatic heterocycles.